The highest BCUT2D eigenvalue weighted by Crippen LogP contribution is 2.30. The van der Waals surface area contributed by atoms with Crippen LogP contribution < -0.4 is 10.5 Å². The molecule has 0 saturated carbocycles. The molecular weight excluding hydrogens is 325 g/mol. The zero-order valence-electron chi connectivity index (χ0n) is 12.1. The fourth-order valence-corrected chi connectivity index (χ4v) is 2.34. The van der Waals surface area contributed by atoms with Crippen molar-refractivity contribution in [2.75, 3.05) is 0 Å². The minimum Gasteiger partial charge on any atom is -0.406 e. The number of nitrogens with two attached hydrogens (primary N) is 1. The maximum absolute atomic E-state index is 12.2. The number of aromatic nitrogens is 3. The number of amides is 1. The van der Waals surface area contributed by atoms with E-state index in [1.165, 1.54) is 28.8 Å². The third-order valence-electron chi connectivity index (χ3n) is 3.19. The van der Waals surface area contributed by atoms with Crippen molar-refractivity contribution in [1.82, 2.24) is 14.6 Å². The van der Waals surface area contributed by atoms with Gasteiger partial charge in [-0.25, -0.2) is 9.50 Å². The maximum Gasteiger partial charge on any atom is 0.573 e. The normalized spacial score (nSPS) is 11.6. The van der Waals surface area contributed by atoms with Gasteiger partial charge in [0, 0.05) is 12.4 Å². The molecule has 0 bridgehead atoms. The van der Waals surface area contributed by atoms with Crippen molar-refractivity contribution >= 4 is 11.6 Å². The Morgan fingerprint density at radius 2 is 1.96 bits per heavy atom. The largest absolute Gasteiger partial charge is 0.573 e. The standard InChI is InChI=1S/C15H11F3N4O2/c16-15(17,18)24-10-4-2-9(3-5-10)13-11(8-12(19)23)21-22-7-1-6-20-14(13)22/h1-7H,8H2,(H2,19,23). The van der Waals surface area contributed by atoms with E-state index in [1.807, 2.05) is 0 Å². The van der Waals surface area contributed by atoms with Crippen LogP contribution in [-0.2, 0) is 11.2 Å². The van der Waals surface area contributed by atoms with Gasteiger partial charge in [0.05, 0.1) is 17.7 Å². The number of hydrogen-bond donors (Lipinski definition) is 1. The van der Waals surface area contributed by atoms with Gasteiger partial charge in [-0.3, -0.25) is 4.79 Å². The first-order chi connectivity index (χ1) is 11.3. The summed E-state index contributed by atoms with van der Waals surface area (Å²) in [5, 5.41) is 4.25. The molecule has 0 unspecified atom stereocenters. The maximum atomic E-state index is 12.2. The molecule has 24 heavy (non-hydrogen) atoms. The fraction of sp³-hybridized carbons (Fsp3) is 0.133. The Morgan fingerprint density at radius 3 is 2.58 bits per heavy atom. The highest BCUT2D eigenvalue weighted by molar-refractivity contribution is 5.85. The number of benzene rings is 1. The Labute approximate surface area is 133 Å². The van der Waals surface area contributed by atoms with Gasteiger partial charge in [-0.2, -0.15) is 5.10 Å². The monoisotopic (exact) mass is 336 g/mol. The number of halogens is 3. The van der Waals surface area contributed by atoms with Crippen LogP contribution in [0.3, 0.4) is 0 Å². The predicted molar refractivity (Wildman–Crippen MR) is 78.0 cm³/mol. The third kappa shape index (κ3) is 3.29. The number of carbonyl (C=O) groups excluding carboxylic acids is 1. The van der Waals surface area contributed by atoms with Crippen LogP contribution in [0.25, 0.3) is 16.8 Å². The lowest BCUT2D eigenvalue weighted by Gasteiger charge is -2.09. The highest BCUT2D eigenvalue weighted by atomic mass is 19.4. The van der Waals surface area contributed by atoms with E-state index in [0.717, 1.165) is 0 Å². The molecule has 2 N–H and O–H groups in total. The number of rotatable bonds is 4. The molecular formula is C15H11F3N4O2. The molecule has 0 radical (unpaired) electrons. The van der Waals surface area contributed by atoms with Crippen molar-refractivity contribution in [3.8, 4) is 16.9 Å². The molecule has 0 spiro atoms. The van der Waals surface area contributed by atoms with Gasteiger partial charge in [-0.15, -0.1) is 13.2 Å². The van der Waals surface area contributed by atoms with Gasteiger partial charge in [0.25, 0.3) is 0 Å². The summed E-state index contributed by atoms with van der Waals surface area (Å²) in [6.45, 7) is 0. The highest BCUT2D eigenvalue weighted by Gasteiger charge is 2.31. The number of nitrogens with zero attached hydrogens (tertiary/aromatic N) is 3. The first-order valence-electron chi connectivity index (χ1n) is 6.80. The van der Waals surface area contributed by atoms with Gasteiger partial charge < -0.3 is 10.5 Å². The van der Waals surface area contributed by atoms with Crippen molar-refractivity contribution in [2.24, 2.45) is 5.73 Å². The minimum absolute atomic E-state index is 0.112. The van der Waals surface area contributed by atoms with E-state index in [9.17, 15) is 18.0 Å². The summed E-state index contributed by atoms with van der Waals surface area (Å²) in [6.07, 6.45) is -1.67. The van der Waals surface area contributed by atoms with Crippen molar-refractivity contribution in [1.29, 1.82) is 0 Å². The van der Waals surface area contributed by atoms with Crippen LogP contribution in [0.1, 0.15) is 5.69 Å². The molecule has 3 rings (SSSR count). The SMILES string of the molecule is NC(=O)Cc1nn2cccnc2c1-c1ccc(OC(F)(F)F)cc1. The van der Waals surface area contributed by atoms with E-state index < -0.39 is 12.3 Å². The molecule has 2 aromatic heterocycles. The minimum atomic E-state index is -4.76. The summed E-state index contributed by atoms with van der Waals surface area (Å²) in [7, 11) is 0. The summed E-state index contributed by atoms with van der Waals surface area (Å²) in [6, 6.07) is 6.92. The molecule has 3 aromatic rings. The van der Waals surface area contributed by atoms with Crippen molar-refractivity contribution in [3.63, 3.8) is 0 Å². The lowest BCUT2D eigenvalue weighted by Crippen LogP contribution is -2.17. The zero-order chi connectivity index (χ0) is 17.3. The van der Waals surface area contributed by atoms with Crippen molar-refractivity contribution in [3.05, 3.63) is 48.4 Å². The predicted octanol–water partition coefficient (Wildman–Crippen LogP) is 2.32. The third-order valence-corrected chi connectivity index (χ3v) is 3.19. The number of alkyl halides is 3. The number of hydrogen-bond acceptors (Lipinski definition) is 4. The first kappa shape index (κ1) is 15.8. The first-order valence-corrected chi connectivity index (χ1v) is 6.80. The molecule has 0 saturated heterocycles. The van der Waals surface area contributed by atoms with Crippen molar-refractivity contribution in [2.45, 2.75) is 12.8 Å². The van der Waals surface area contributed by atoms with Gasteiger partial charge in [0.2, 0.25) is 5.91 Å². The summed E-state index contributed by atoms with van der Waals surface area (Å²) < 4.78 is 42.0. The van der Waals surface area contributed by atoms with Gasteiger partial charge in [-0.1, -0.05) is 12.1 Å². The number of ether oxygens (including phenoxy) is 1. The number of fused-ring (bicyclic) bond motifs is 1. The molecule has 1 aromatic carbocycles. The van der Waals surface area contributed by atoms with Gasteiger partial charge >= 0.3 is 6.36 Å². The van der Waals surface area contributed by atoms with Crippen LogP contribution in [0, 0.1) is 0 Å². The van der Waals surface area contributed by atoms with Gasteiger partial charge in [0.15, 0.2) is 5.65 Å². The van der Waals surface area contributed by atoms with E-state index in [1.54, 1.807) is 18.5 Å². The molecule has 6 nitrogen and oxygen atoms in total. The van der Waals surface area contributed by atoms with Gasteiger partial charge in [-0.05, 0) is 23.8 Å². The molecule has 0 atom stereocenters. The summed E-state index contributed by atoms with van der Waals surface area (Å²) in [5.74, 6) is -0.913. The molecule has 1 amide bonds. The van der Waals surface area contributed by atoms with E-state index in [0.29, 0.717) is 22.5 Å². The Balaban J connectivity index is 2.06. The molecule has 9 heteroatoms. The Kier molecular flexibility index (Phi) is 3.84. The average molecular weight is 336 g/mol. The molecule has 0 fully saturated rings. The second kappa shape index (κ2) is 5.84. The summed E-state index contributed by atoms with van der Waals surface area (Å²) >= 11 is 0. The van der Waals surface area contributed by atoms with E-state index >= 15 is 0 Å². The summed E-state index contributed by atoms with van der Waals surface area (Å²) in [5.41, 5.74) is 7.18. The topological polar surface area (TPSA) is 82.5 Å². The van der Waals surface area contributed by atoms with E-state index in [2.05, 4.69) is 14.8 Å². The van der Waals surface area contributed by atoms with Crippen LogP contribution in [0.5, 0.6) is 5.75 Å². The van der Waals surface area contributed by atoms with Crippen LogP contribution >= 0.6 is 0 Å². The molecule has 0 aliphatic heterocycles. The number of carbonyl (C=O) groups is 1. The van der Waals surface area contributed by atoms with Crippen LogP contribution in [0.2, 0.25) is 0 Å². The zero-order valence-corrected chi connectivity index (χ0v) is 12.1. The van der Waals surface area contributed by atoms with Crippen LogP contribution in [-0.4, -0.2) is 26.9 Å². The fourth-order valence-electron chi connectivity index (χ4n) is 2.34. The van der Waals surface area contributed by atoms with Crippen molar-refractivity contribution < 1.29 is 22.7 Å². The quantitative estimate of drug-likeness (QED) is 0.793. The second-order valence-electron chi connectivity index (χ2n) is 4.92. The smallest absolute Gasteiger partial charge is 0.406 e. The van der Waals surface area contributed by atoms with Crippen LogP contribution in [0.15, 0.2) is 42.7 Å². The van der Waals surface area contributed by atoms with Gasteiger partial charge in [0.1, 0.15) is 5.75 Å². The van der Waals surface area contributed by atoms with E-state index in [-0.39, 0.29) is 12.2 Å². The second-order valence-corrected chi connectivity index (χ2v) is 4.92. The summed E-state index contributed by atoms with van der Waals surface area (Å²) in [4.78, 5) is 15.5. The lowest BCUT2D eigenvalue weighted by atomic mass is 10.0. The molecule has 2 heterocycles. The van der Waals surface area contributed by atoms with Crippen LogP contribution in [0.4, 0.5) is 13.2 Å². The lowest BCUT2D eigenvalue weighted by molar-refractivity contribution is -0.274. The van der Waals surface area contributed by atoms with E-state index in [4.69, 9.17) is 5.73 Å². The average Bonchev–Trinajstić information content (AvgIpc) is 2.83. The Hall–Kier alpha value is -3.10. The Bertz CT molecular complexity index is 888. The molecule has 0 aliphatic carbocycles. The Morgan fingerprint density at radius 1 is 1.25 bits per heavy atom. The number of primary amides is 1. The molecule has 124 valence electrons. The molecule has 0 aliphatic rings.